The molecular weight excluding hydrogens is 896 g/mol. The zero-order chi connectivity index (χ0) is 41.2. The van der Waals surface area contributed by atoms with Crippen LogP contribution in [0, 0.1) is 52.2 Å². The molecule has 0 saturated heterocycles. The first-order valence-corrected chi connectivity index (χ1v) is 31.8. The second-order valence-corrected chi connectivity index (χ2v) is 23.6. The van der Waals surface area contributed by atoms with E-state index in [2.05, 4.69) is 72.7 Å². The van der Waals surface area contributed by atoms with Gasteiger partial charge in [0.1, 0.15) is 0 Å². The Morgan fingerprint density at radius 1 is 0.481 bits per heavy atom. The number of hydrogen-bond acceptors (Lipinski definition) is 4. The Labute approximate surface area is 361 Å². The van der Waals surface area contributed by atoms with Crippen LogP contribution in [-0.2, 0) is 25.3 Å². The van der Waals surface area contributed by atoms with Crippen molar-refractivity contribution in [1.29, 1.82) is 21.0 Å². The third-order valence-corrected chi connectivity index (χ3v) is 15.7. The molecule has 0 amide bonds. The molecule has 0 aromatic heterocycles. The second kappa shape index (κ2) is 81.1. The fraction of sp³-hybridized carbons (Fsp3) is 0.868. The van der Waals surface area contributed by atoms with Gasteiger partial charge < -0.3 is 6.92 Å². The van der Waals surface area contributed by atoms with Crippen LogP contribution in [0.25, 0.3) is 0 Å². The summed E-state index contributed by atoms with van der Waals surface area (Å²) in [7, 11) is 20.5. The molecule has 0 aromatic rings. The molecular formula is C38H79Cl4N4Ni2P4+2. The van der Waals surface area contributed by atoms with Crippen molar-refractivity contribution in [1.82, 2.24) is 0 Å². The zero-order valence-corrected chi connectivity index (χ0v) is 43.0. The van der Waals surface area contributed by atoms with E-state index in [9.17, 15) is 0 Å². The predicted octanol–water partition coefficient (Wildman–Crippen LogP) is 15.8. The average molecular weight is 975 g/mol. The average Bonchev–Trinajstić information content (AvgIpc) is 3.16. The van der Waals surface area contributed by atoms with E-state index in [4.69, 9.17) is 61.8 Å². The Morgan fingerprint density at radius 3 is 0.750 bits per heavy atom. The molecule has 0 rings (SSSR count). The molecule has 0 saturated carbocycles. The molecule has 0 aliphatic rings. The molecule has 4 nitrogen and oxygen atoms in total. The van der Waals surface area contributed by atoms with E-state index in [-0.39, 0.29) is 15.8 Å². The number of hydrogen-bond donors (Lipinski definition) is 0. The van der Waals surface area contributed by atoms with E-state index in [0.29, 0.717) is 51.0 Å². The topological polar surface area (TPSA) is 95.2 Å². The summed E-state index contributed by atoms with van der Waals surface area (Å²) in [6.07, 6.45) is 33.3. The van der Waals surface area contributed by atoms with Gasteiger partial charge in [0.15, 0.2) is 0 Å². The molecule has 0 fully saturated rings. The first-order chi connectivity index (χ1) is 25.3. The van der Waals surface area contributed by atoms with Crippen molar-refractivity contribution in [3.05, 3.63) is 6.92 Å². The van der Waals surface area contributed by atoms with Gasteiger partial charge in [0.25, 0.3) is 0 Å². The molecule has 0 atom stereocenters. The number of nitriles is 4. The second-order valence-electron chi connectivity index (χ2n) is 11.3. The van der Waals surface area contributed by atoms with Gasteiger partial charge in [-0.2, -0.15) is 28.0 Å². The molecule has 0 spiro atoms. The first kappa shape index (κ1) is 68.5. The van der Waals surface area contributed by atoms with Gasteiger partial charge in [-0.05, 0) is 63.2 Å². The predicted molar refractivity (Wildman–Crippen MR) is 247 cm³/mol. The third kappa shape index (κ3) is 93.6. The fourth-order valence-electron chi connectivity index (χ4n) is 4.14. The SMILES string of the molecule is CCCC[PH+](CCCC)CCCC.CCCC[PH+](CCCC)CCCC.N#CCCPCCC#N.N#CCCPCCC#N.[CH2-]C.[Cl][Ni+][Cl].[Cl][Ni][Cl]. The number of rotatable bonds is 26. The minimum atomic E-state index is 0.0675. The first-order valence-electron chi connectivity index (χ1n) is 19.3. The molecule has 52 heavy (non-hydrogen) atoms. The van der Waals surface area contributed by atoms with E-state index in [1.807, 2.05) is 0 Å². The monoisotopic (exact) mass is 971 g/mol. The fourth-order valence-corrected chi connectivity index (χ4v) is 12.4. The molecule has 0 radical (unpaired) electrons. The van der Waals surface area contributed by atoms with Gasteiger partial charge in [-0.1, -0.05) is 80.1 Å². The molecule has 0 bridgehead atoms. The van der Waals surface area contributed by atoms with E-state index in [0.717, 1.165) is 41.8 Å². The Hall–Kier alpha value is 1.83. The number of halogens is 4. The third-order valence-electron chi connectivity index (χ3n) is 6.96. The van der Waals surface area contributed by atoms with Crippen LogP contribution in [0.4, 0.5) is 0 Å². The van der Waals surface area contributed by atoms with E-state index in [1.165, 1.54) is 77.0 Å². The van der Waals surface area contributed by atoms with E-state index < -0.39 is 0 Å². The molecule has 0 aliphatic heterocycles. The molecule has 0 unspecified atom stereocenters. The summed E-state index contributed by atoms with van der Waals surface area (Å²) in [5.41, 5.74) is 0. The maximum absolute atomic E-state index is 8.11. The Bertz CT molecular complexity index is 612. The van der Waals surface area contributed by atoms with Crippen molar-refractivity contribution in [2.24, 2.45) is 0 Å². The molecule has 0 N–H and O–H groups in total. The van der Waals surface area contributed by atoms with Crippen LogP contribution in [-0.4, -0.2) is 61.6 Å². The van der Waals surface area contributed by atoms with Crippen molar-refractivity contribution in [3.63, 3.8) is 0 Å². The summed E-state index contributed by atoms with van der Waals surface area (Å²) in [6, 6.07) is 8.27. The van der Waals surface area contributed by atoms with Gasteiger partial charge in [-0.25, -0.2) is 0 Å². The van der Waals surface area contributed by atoms with Gasteiger partial charge in [0.05, 0.1) is 61.2 Å². The molecule has 14 heteroatoms. The Balaban J connectivity index is -0.0000000980. The van der Waals surface area contributed by atoms with Crippen LogP contribution in [0.15, 0.2) is 0 Å². The van der Waals surface area contributed by atoms with Crippen molar-refractivity contribution in [2.75, 3.05) is 61.6 Å². The van der Waals surface area contributed by atoms with Crippen LogP contribution in [0.1, 0.15) is 151 Å². The quantitative estimate of drug-likeness (QED) is 0.0373. The summed E-state index contributed by atoms with van der Waals surface area (Å²) >= 11 is 1.14. The van der Waals surface area contributed by atoms with Crippen LogP contribution in [0.3, 0.4) is 0 Å². The van der Waals surface area contributed by atoms with Crippen LogP contribution >= 0.6 is 73.8 Å². The maximum atomic E-state index is 8.11. The summed E-state index contributed by atoms with van der Waals surface area (Å²) < 4.78 is 0. The summed E-state index contributed by atoms with van der Waals surface area (Å²) in [5, 5.41) is 32.4. The van der Waals surface area contributed by atoms with Crippen molar-refractivity contribution < 1.29 is 25.3 Å². The normalized spacial score (nSPS) is 9.19. The molecule has 0 aliphatic carbocycles. The summed E-state index contributed by atoms with van der Waals surface area (Å²) in [6.45, 7) is 18.9. The van der Waals surface area contributed by atoms with Crippen LogP contribution < -0.4 is 0 Å². The van der Waals surface area contributed by atoms with E-state index in [1.54, 1.807) is 43.9 Å². The van der Waals surface area contributed by atoms with Crippen LogP contribution in [0.5, 0.6) is 0 Å². The summed E-state index contributed by atoms with van der Waals surface area (Å²) in [4.78, 5) is 0. The van der Waals surface area contributed by atoms with Crippen molar-refractivity contribution in [2.45, 2.75) is 151 Å². The zero-order valence-electron chi connectivity index (χ0n) is 34.0. The molecule has 0 aromatic carbocycles. The molecule has 317 valence electrons. The van der Waals surface area contributed by atoms with Crippen LogP contribution in [0.2, 0.25) is 0 Å². The van der Waals surface area contributed by atoms with Gasteiger partial charge in [-0.15, -0.1) is 17.2 Å². The van der Waals surface area contributed by atoms with Gasteiger partial charge >= 0.3 is 66.1 Å². The van der Waals surface area contributed by atoms with Crippen molar-refractivity contribution >= 4 is 73.8 Å². The number of nitrogens with zero attached hydrogens (tertiary/aromatic N) is 4. The Morgan fingerprint density at radius 2 is 0.635 bits per heavy atom. The molecule has 0 heterocycles. The van der Waals surface area contributed by atoms with Gasteiger partial charge in [-0.3, -0.25) is 0 Å². The Kier molecular flexibility index (Phi) is 107. The van der Waals surface area contributed by atoms with E-state index >= 15 is 0 Å². The van der Waals surface area contributed by atoms with Gasteiger partial charge in [0, 0.05) is 41.5 Å². The van der Waals surface area contributed by atoms with Gasteiger partial charge in [0.2, 0.25) is 0 Å². The number of unbranched alkanes of at least 4 members (excludes halogenated alkanes) is 6. The standard InChI is InChI=1S/2C12H27P.2C6H9N2P.C2H5.4ClH.2Ni/c2*1-4-7-10-13(11-8-5-2)12-9-6-3;2*7-3-1-5-9-6-2-4-8;1-2;;;;;;/h2*4-12H2,1-3H3;2*9H,1-2,5-6H2;1H2,2H3;4*1H;;/q;;;;-1;;;;;+2;+3/p-2. The minimum absolute atomic E-state index is 0.0675. The van der Waals surface area contributed by atoms with Crippen molar-refractivity contribution in [3.8, 4) is 24.3 Å². The summed E-state index contributed by atoms with van der Waals surface area (Å²) in [5.74, 6) is 0.